The number of rotatable bonds is 7. The normalized spacial score (nSPS) is 11.0. The minimum Gasteiger partial charge on any atom is -0.423 e. The smallest absolute Gasteiger partial charge is 0.393 e. The summed E-state index contributed by atoms with van der Waals surface area (Å²) in [5, 5.41) is 0. The van der Waals surface area contributed by atoms with Crippen LogP contribution in [-0.4, -0.2) is 12.1 Å². The van der Waals surface area contributed by atoms with Crippen molar-refractivity contribution in [3.05, 3.63) is 173 Å². The molecule has 0 fully saturated rings. The zero-order valence-electron chi connectivity index (χ0n) is 27.5. The Morgan fingerprint density at radius 1 is 0.571 bits per heavy atom. The fourth-order valence-corrected chi connectivity index (χ4v) is 5.24. The molecular weight excluding hydrogens is 624 g/mol. The van der Waals surface area contributed by atoms with Gasteiger partial charge in [-0.3, -0.25) is 0 Å². The van der Waals surface area contributed by atoms with Crippen LogP contribution in [0.4, 0.5) is 17.6 Å². The highest BCUT2D eigenvalue weighted by atomic mass is 19.4. The van der Waals surface area contributed by atoms with Gasteiger partial charge in [0.25, 0.3) is 0 Å². The minimum absolute atomic E-state index is 0.210. The number of carbonyl (C=O) groups is 1. The second kappa shape index (κ2) is 15.6. The molecule has 0 spiro atoms. The van der Waals surface area contributed by atoms with Crippen molar-refractivity contribution < 1.29 is 27.1 Å². The molecule has 49 heavy (non-hydrogen) atoms. The third-order valence-corrected chi connectivity index (χ3v) is 8.08. The fourth-order valence-electron chi connectivity index (χ4n) is 5.24. The van der Waals surface area contributed by atoms with Crippen LogP contribution in [0.3, 0.4) is 0 Å². The predicted molar refractivity (Wildman–Crippen MR) is 189 cm³/mol. The number of halogens is 4. The Hall–Kier alpha value is -5.49. The Morgan fingerprint density at radius 3 is 1.35 bits per heavy atom. The largest absolute Gasteiger partial charge is 0.423 e. The molecule has 0 saturated carbocycles. The summed E-state index contributed by atoms with van der Waals surface area (Å²) in [5.41, 5.74) is 10.00. The lowest BCUT2D eigenvalue weighted by atomic mass is 9.99. The standard InChI is InChI=1S/C22H19FO2.C21H17F3/c1-3-16-12-13-20(14-21(16)23)25-22(24)19-10-8-18(9-11-19)17-6-4-15(2)5-7-17;1-15-2-6-17(7-3-15)19-10-12-20(13-11-19)18-8-4-16(5-9-18)14-21(22,23)24/h4-14H,3H2,1-2H3;2-13H,14H2,1H3. The van der Waals surface area contributed by atoms with Gasteiger partial charge in [0.15, 0.2) is 0 Å². The van der Waals surface area contributed by atoms with Gasteiger partial charge < -0.3 is 4.74 Å². The van der Waals surface area contributed by atoms with E-state index < -0.39 is 18.6 Å². The van der Waals surface area contributed by atoms with Crippen molar-refractivity contribution in [3.63, 3.8) is 0 Å². The number of carbonyl (C=O) groups excluding carboxylic acids is 1. The summed E-state index contributed by atoms with van der Waals surface area (Å²) >= 11 is 0. The summed E-state index contributed by atoms with van der Waals surface area (Å²) in [4.78, 5) is 12.2. The van der Waals surface area contributed by atoms with E-state index in [2.05, 4.69) is 31.2 Å². The van der Waals surface area contributed by atoms with Gasteiger partial charge in [-0.15, -0.1) is 0 Å². The van der Waals surface area contributed by atoms with E-state index >= 15 is 0 Å². The molecule has 0 aliphatic carbocycles. The van der Waals surface area contributed by atoms with Gasteiger partial charge in [0.2, 0.25) is 0 Å². The molecule has 2 nitrogen and oxygen atoms in total. The van der Waals surface area contributed by atoms with Crippen LogP contribution < -0.4 is 4.74 Å². The Balaban J connectivity index is 0.000000191. The molecule has 6 rings (SSSR count). The highest BCUT2D eigenvalue weighted by molar-refractivity contribution is 5.91. The number of esters is 1. The monoisotopic (exact) mass is 660 g/mol. The van der Waals surface area contributed by atoms with Crippen LogP contribution in [0.1, 0.15) is 39.5 Å². The average Bonchev–Trinajstić information content (AvgIpc) is 3.09. The molecular formula is C43H36F4O2. The Kier molecular flexibility index (Phi) is 11.1. The van der Waals surface area contributed by atoms with Crippen molar-refractivity contribution in [3.8, 4) is 39.1 Å². The van der Waals surface area contributed by atoms with E-state index in [0.29, 0.717) is 17.5 Å². The van der Waals surface area contributed by atoms with Gasteiger partial charge in [-0.1, -0.05) is 133 Å². The lowest BCUT2D eigenvalue weighted by Gasteiger charge is -2.08. The van der Waals surface area contributed by atoms with Gasteiger partial charge in [-0.25, -0.2) is 9.18 Å². The Morgan fingerprint density at radius 2 is 0.959 bits per heavy atom. The van der Waals surface area contributed by atoms with E-state index in [1.165, 1.54) is 29.3 Å². The molecule has 0 unspecified atom stereocenters. The molecule has 0 atom stereocenters. The summed E-state index contributed by atoms with van der Waals surface area (Å²) in [6, 6.07) is 42.8. The second-order valence-electron chi connectivity index (χ2n) is 11.9. The van der Waals surface area contributed by atoms with E-state index in [1.54, 1.807) is 36.4 Å². The Bertz CT molecular complexity index is 1980. The van der Waals surface area contributed by atoms with Crippen LogP contribution in [0.5, 0.6) is 5.75 Å². The van der Waals surface area contributed by atoms with Gasteiger partial charge in [-0.2, -0.15) is 13.2 Å². The zero-order valence-corrected chi connectivity index (χ0v) is 27.5. The van der Waals surface area contributed by atoms with Crippen molar-refractivity contribution in [2.45, 2.75) is 39.8 Å². The first-order valence-corrected chi connectivity index (χ1v) is 16.0. The SMILES string of the molecule is CCc1ccc(OC(=O)c2ccc(-c3ccc(C)cc3)cc2)cc1F.Cc1ccc(-c2ccc(-c3ccc(CC(F)(F)F)cc3)cc2)cc1. The number of hydrogen-bond acceptors (Lipinski definition) is 2. The maximum absolute atomic E-state index is 13.8. The fraction of sp³-hybridized carbons (Fsp3) is 0.140. The topological polar surface area (TPSA) is 26.3 Å². The molecule has 6 aromatic rings. The molecule has 0 aliphatic heterocycles. The summed E-state index contributed by atoms with van der Waals surface area (Å²) in [6.45, 7) is 5.97. The van der Waals surface area contributed by atoms with Crippen LogP contribution in [-0.2, 0) is 12.8 Å². The van der Waals surface area contributed by atoms with Crippen molar-refractivity contribution in [1.82, 2.24) is 0 Å². The van der Waals surface area contributed by atoms with E-state index in [0.717, 1.165) is 33.4 Å². The van der Waals surface area contributed by atoms with Gasteiger partial charge in [0.05, 0.1) is 12.0 Å². The lowest BCUT2D eigenvalue weighted by molar-refractivity contribution is -0.127. The van der Waals surface area contributed by atoms with E-state index in [4.69, 9.17) is 4.74 Å². The van der Waals surface area contributed by atoms with Gasteiger partial charge >= 0.3 is 12.1 Å². The first-order valence-electron chi connectivity index (χ1n) is 16.0. The molecule has 0 N–H and O–H groups in total. The number of aryl methyl sites for hydroxylation is 3. The molecule has 0 amide bonds. The summed E-state index contributed by atoms with van der Waals surface area (Å²) < 4.78 is 56.2. The maximum atomic E-state index is 13.8. The highest BCUT2D eigenvalue weighted by Gasteiger charge is 2.27. The minimum atomic E-state index is -4.17. The zero-order chi connectivity index (χ0) is 35.0. The van der Waals surface area contributed by atoms with E-state index in [-0.39, 0.29) is 17.1 Å². The quantitative estimate of drug-likeness (QED) is 0.0968. The molecule has 0 radical (unpaired) electrons. The van der Waals surface area contributed by atoms with Gasteiger partial charge in [0.1, 0.15) is 11.6 Å². The number of hydrogen-bond donors (Lipinski definition) is 0. The maximum Gasteiger partial charge on any atom is 0.393 e. The van der Waals surface area contributed by atoms with Crippen LogP contribution in [0, 0.1) is 19.7 Å². The molecule has 0 aliphatic rings. The summed E-state index contributed by atoms with van der Waals surface area (Å²) in [7, 11) is 0. The lowest BCUT2D eigenvalue weighted by Crippen LogP contribution is -2.11. The molecule has 6 heteroatoms. The van der Waals surface area contributed by atoms with Crippen LogP contribution in [0.25, 0.3) is 33.4 Å². The third-order valence-electron chi connectivity index (χ3n) is 8.08. The first-order chi connectivity index (χ1) is 23.5. The average molecular weight is 661 g/mol. The van der Waals surface area contributed by atoms with Crippen molar-refractivity contribution in [2.75, 3.05) is 0 Å². The Labute approximate surface area is 284 Å². The highest BCUT2D eigenvalue weighted by Crippen LogP contribution is 2.28. The van der Waals surface area contributed by atoms with Crippen LogP contribution >= 0.6 is 0 Å². The second-order valence-corrected chi connectivity index (χ2v) is 11.9. The molecule has 0 aromatic heterocycles. The number of alkyl halides is 3. The van der Waals surface area contributed by atoms with Crippen LogP contribution in [0.2, 0.25) is 0 Å². The molecule has 6 aromatic carbocycles. The molecule has 0 heterocycles. The molecule has 0 saturated heterocycles. The predicted octanol–water partition coefficient (Wildman–Crippen LogP) is 12.0. The van der Waals surface area contributed by atoms with Crippen molar-refractivity contribution >= 4 is 5.97 Å². The van der Waals surface area contributed by atoms with Crippen molar-refractivity contribution in [1.29, 1.82) is 0 Å². The summed E-state index contributed by atoms with van der Waals surface area (Å²) in [6.07, 6.45) is -4.46. The number of benzene rings is 6. The van der Waals surface area contributed by atoms with Gasteiger partial charge in [0, 0.05) is 6.07 Å². The third kappa shape index (κ3) is 9.77. The molecule has 248 valence electrons. The van der Waals surface area contributed by atoms with E-state index in [9.17, 15) is 22.4 Å². The first kappa shape index (κ1) is 34.8. The van der Waals surface area contributed by atoms with Gasteiger partial charge in [-0.05, 0) is 83.0 Å². The van der Waals surface area contributed by atoms with Crippen LogP contribution in [0.15, 0.2) is 140 Å². The summed E-state index contributed by atoms with van der Waals surface area (Å²) in [5.74, 6) is -0.649. The molecule has 0 bridgehead atoms. The van der Waals surface area contributed by atoms with Crippen molar-refractivity contribution in [2.24, 2.45) is 0 Å². The van der Waals surface area contributed by atoms with E-state index in [1.807, 2.05) is 74.5 Å². The number of ether oxygens (including phenoxy) is 1.